The van der Waals surface area contributed by atoms with E-state index in [1.165, 1.54) is 4.68 Å². The van der Waals surface area contributed by atoms with Gasteiger partial charge in [-0.3, -0.25) is 5.41 Å². The molecule has 11 heavy (non-hydrogen) atoms. The molecule has 0 aliphatic heterocycles. The average molecular weight is 153 g/mol. The van der Waals surface area contributed by atoms with Crippen molar-refractivity contribution in [3.63, 3.8) is 0 Å². The first kappa shape index (κ1) is 7.26. The largest absolute Gasteiger partial charge is 0.416 e. The Morgan fingerprint density at radius 1 is 1.55 bits per heavy atom. The van der Waals surface area contributed by atoms with Crippen LogP contribution in [0.4, 0.5) is 0 Å². The van der Waals surface area contributed by atoms with E-state index in [-0.39, 0.29) is 11.9 Å². The van der Waals surface area contributed by atoms with Crippen LogP contribution in [-0.2, 0) is 0 Å². The molecular formula is C5H9N6+. The zero-order valence-electron chi connectivity index (χ0n) is 5.81. The highest BCUT2D eigenvalue weighted by Gasteiger charge is 2.06. The van der Waals surface area contributed by atoms with Crippen LogP contribution in [-0.4, -0.2) is 21.7 Å². The minimum absolute atomic E-state index is 0.0852. The maximum Gasteiger partial charge on any atom is 0.416 e. The van der Waals surface area contributed by atoms with Gasteiger partial charge in [-0.15, -0.1) is 9.78 Å². The molecule has 0 atom stereocenters. The lowest BCUT2D eigenvalue weighted by molar-refractivity contribution is -0.120. The molecular weight excluding hydrogens is 144 g/mol. The van der Waals surface area contributed by atoms with E-state index in [4.69, 9.17) is 16.9 Å². The van der Waals surface area contributed by atoms with E-state index < -0.39 is 0 Å². The summed E-state index contributed by atoms with van der Waals surface area (Å²) in [4.78, 5) is 3.59. The predicted octanol–water partition coefficient (Wildman–Crippen LogP) is -2.88. The highest BCUT2D eigenvalue weighted by Crippen LogP contribution is 1.81. The van der Waals surface area contributed by atoms with E-state index in [0.717, 1.165) is 0 Å². The molecule has 6 heteroatoms. The number of aromatic nitrogens is 2. The van der Waals surface area contributed by atoms with Crippen molar-refractivity contribution in [3.05, 3.63) is 18.5 Å². The molecule has 0 aliphatic rings. The van der Waals surface area contributed by atoms with Gasteiger partial charge >= 0.3 is 5.96 Å². The number of hydrogen-bond donors (Lipinski definition) is 3. The van der Waals surface area contributed by atoms with E-state index in [0.29, 0.717) is 0 Å². The molecule has 6 N–H and O–H groups in total. The van der Waals surface area contributed by atoms with Gasteiger partial charge in [-0.2, -0.15) is 0 Å². The molecule has 58 valence electrons. The third-order valence-electron chi connectivity index (χ3n) is 0.983. The van der Waals surface area contributed by atoms with Gasteiger partial charge in [0.2, 0.25) is 0 Å². The van der Waals surface area contributed by atoms with Crippen molar-refractivity contribution in [2.75, 3.05) is 0 Å². The highest BCUT2D eigenvalue weighted by atomic mass is 15.3. The summed E-state index contributed by atoms with van der Waals surface area (Å²) in [5, 5.41) is 9.22. The molecule has 0 bridgehead atoms. The molecule has 1 rings (SSSR count). The molecule has 1 aromatic heterocycles. The maximum absolute atomic E-state index is 5.41. The minimum atomic E-state index is -0.0852. The Bertz CT molecular complexity index is 267. The number of nitrogens with zero attached hydrogens (tertiary/aromatic N) is 3. The molecule has 0 unspecified atom stereocenters. The summed E-state index contributed by atoms with van der Waals surface area (Å²) in [6.07, 6.45) is 3.22. The van der Waals surface area contributed by atoms with Crippen molar-refractivity contribution < 1.29 is 5.41 Å². The maximum atomic E-state index is 5.41. The quantitative estimate of drug-likeness (QED) is 0.275. The standard InChI is InChI=1S/C5H8N6/c6-4(7)10-5(8)11-3-1-2-9-11/h1-3H,(H5,6,7,8,10)/p+1. The summed E-state index contributed by atoms with van der Waals surface area (Å²) < 4.78 is 1.36. The fourth-order valence-electron chi connectivity index (χ4n) is 0.588. The predicted molar refractivity (Wildman–Crippen MR) is 40.4 cm³/mol. The van der Waals surface area contributed by atoms with Gasteiger partial charge in [0.15, 0.2) is 0 Å². The van der Waals surface area contributed by atoms with Crippen LogP contribution in [0.1, 0.15) is 0 Å². The summed E-state index contributed by atoms with van der Waals surface area (Å²) in [5.74, 6) is 0.0630. The van der Waals surface area contributed by atoms with Gasteiger partial charge in [0.1, 0.15) is 0 Å². The molecule has 0 saturated carbocycles. The van der Waals surface area contributed by atoms with Crippen LogP contribution >= 0.6 is 0 Å². The molecule has 0 saturated heterocycles. The highest BCUT2D eigenvalue weighted by molar-refractivity contribution is 5.90. The molecule has 6 nitrogen and oxygen atoms in total. The number of hydrogen-bond acceptors (Lipinski definition) is 1. The summed E-state index contributed by atoms with van der Waals surface area (Å²) in [7, 11) is 0. The first-order chi connectivity index (χ1) is 5.20. The van der Waals surface area contributed by atoms with Crippen molar-refractivity contribution in [1.29, 1.82) is 0 Å². The molecule has 0 aliphatic carbocycles. The molecule has 0 aromatic carbocycles. The number of nitrogens with two attached hydrogens (primary N) is 3. The second-order valence-corrected chi connectivity index (χ2v) is 1.85. The monoisotopic (exact) mass is 153 g/mol. The summed E-state index contributed by atoms with van der Waals surface area (Å²) in [5.41, 5.74) is 10.2. The Labute approximate surface area is 63.0 Å². The van der Waals surface area contributed by atoms with Crippen LogP contribution in [0.25, 0.3) is 0 Å². The van der Waals surface area contributed by atoms with Crippen molar-refractivity contribution in [2.45, 2.75) is 0 Å². The minimum Gasteiger partial charge on any atom is -0.356 e. The lowest BCUT2D eigenvalue weighted by Crippen LogP contribution is -2.45. The first-order valence-corrected chi connectivity index (χ1v) is 2.92. The SMILES string of the molecule is NC(N)=NC(=[NH2+])n1cccn1. The zero-order valence-corrected chi connectivity index (χ0v) is 5.81. The Morgan fingerprint density at radius 3 is 2.73 bits per heavy atom. The molecule has 0 spiro atoms. The van der Waals surface area contributed by atoms with Gasteiger partial charge in [0.25, 0.3) is 5.96 Å². The molecule has 1 aromatic rings. The second-order valence-electron chi connectivity index (χ2n) is 1.85. The fraction of sp³-hybridized carbons (Fsp3) is 0. The summed E-state index contributed by atoms with van der Waals surface area (Å²) >= 11 is 0. The molecule has 0 fully saturated rings. The van der Waals surface area contributed by atoms with Crippen molar-refractivity contribution in [2.24, 2.45) is 16.5 Å². The Morgan fingerprint density at radius 2 is 2.27 bits per heavy atom. The van der Waals surface area contributed by atoms with Crippen LogP contribution in [0.5, 0.6) is 0 Å². The summed E-state index contributed by atoms with van der Waals surface area (Å²) in [6.45, 7) is 0. The van der Waals surface area contributed by atoms with Crippen molar-refractivity contribution in [1.82, 2.24) is 9.78 Å². The van der Waals surface area contributed by atoms with E-state index in [1.807, 2.05) is 0 Å². The zero-order chi connectivity index (χ0) is 8.27. The van der Waals surface area contributed by atoms with Gasteiger partial charge in [0.05, 0.1) is 12.4 Å². The lowest BCUT2D eigenvalue weighted by Gasteiger charge is -1.85. The van der Waals surface area contributed by atoms with Crippen molar-refractivity contribution >= 4 is 11.9 Å². The van der Waals surface area contributed by atoms with E-state index in [9.17, 15) is 0 Å². The first-order valence-electron chi connectivity index (χ1n) is 2.92. The van der Waals surface area contributed by atoms with E-state index in [2.05, 4.69) is 10.1 Å². The van der Waals surface area contributed by atoms with Gasteiger partial charge in [-0.25, -0.2) is 0 Å². The van der Waals surface area contributed by atoms with Crippen LogP contribution in [0.15, 0.2) is 23.5 Å². The Balaban J connectivity index is 2.80. The van der Waals surface area contributed by atoms with Gasteiger partial charge in [0, 0.05) is 0 Å². The van der Waals surface area contributed by atoms with Gasteiger partial charge < -0.3 is 11.5 Å². The number of aliphatic imine (C=N–C) groups is 1. The lowest BCUT2D eigenvalue weighted by atomic mass is 10.7. The number of rotatable bonds is 0. The Kier molecular flexibility index (Phi) is 1.86. The topological polar surface area (TPSA) is 108 Å². The smallest absolute Gasteiger partial charge is 0.356 e. The molecule has 0 radical (unpaired) electrons. The Hall–Kier alpha value is -1.85. The van der Waals surface area contributed by atoms with E-state index >= 15 is 0 Å². The fourth-order valence-corrected chi connectivity index (χ4v) is 0.588. The molecule has 1 heterocycles. The van der Waals surface area contributed by atoms with Crippen molar-refractivity contribution in [3.8, 4) is 0 Å². The second kappa shape index (κ2) is 2.82. The van der Waals surface area contributed by atoms with Crippen LogP contribution in [0.2, 0.25) is 0 Å². The normalized spacial score (nSPS) is 9.09. The van der Waals surface area contributed by atoms with Gasteiger partial charge in [-0.1, -0.05) is 0 Å². The van der Waals surface area contributed by atoms with Crippen LogP contribution in [0, 0.1) is 0 Å². The summed E-state index contributed by atoms with van der Waals surface area (Å²) in [6, 6.07) is 1.72. The third-order valence-corrected chi connectivity index (χ3v) is 0.983. The average Bonchev–Trinajstić information content (AvgIpc) is 2.35. The number of guanidine groups is 1. The third kappa shape index (κ3) is 1.78. The van der Waals surface area contributed by atoms with Crippen LogP contribution in [0.3, 0.4) is 0 Å². The van der Waals surface area contributed by atoms with Crippen LogP contribution < -0.4 is 16.9 Å². The molecule has 0 amide bonds. The van der Waals surface area contributed by atoms with E-state index in [1.54, 1.807) is 18.5 Å². The van der Waals surface area contributed by atoms with Gasteiger partial charge in [-0.05, 0) is 11.1 Å².